The van der Waals surface area contributed by atoms with E-state index in [9.17, 15) is 18.4 Å². The van der Waals surface area contributed by atoms with Gasteiger partial charge in [-0.1, -0.05) is 11.6 Å². The first-order chi connectivity index (χ1) is 11.7. The van der Waals surface area contributed by atoms with Gasteiger partial charge in [-0.25, -0.2) is 8.78 Å². The molecular weight excluding hydrogens is 356 g/mol. The van der Waals surface area contributed by atoms with Crippen LogP contribution in [-0.4, -0.2) is 44.0 Å². The van der Waals surface area contributed by atoms with Crippen molar-refractivity contribution in [2.24, 2.45) is 0 Å². The average Bonchev–Trinajstić information content (AvgIpc) is 2.90. The number of halogens is 3. The van der Waals surface area contributed by atoms with Gasteiger partial charge in [0.15, 0.2) is 0 Å². The van der Waals surface area contributed by atoms with Gasteiger partial charge < -0.3 is 15.4 Å². The van der Waals surface area contributed by atoms with E-state index in [1.165, 1.54) is 7.11 Å². The van der Waals surface area contributed by atoms with Gasteiger partial charge in [0.2, 0.25) is 11.8 Å². The first-order valence-corrected chi connectivity index (χ1v) is 8.12. The third-order valence-corrected chi connectivity index (χ3v) is 4.24. The van der Waals surface area contributed by atoms with Gasteiger partial charge in [-0.05, 0) is 18.6 Å². The highest BCUT2D eigenvalue weighted by Crippen LogP contribution is 2.31. The van der Waals surface area contributed by atoms with E-state index in [2.05, 4.69) is 16.0 Å². The quantitative estimate of drug-likeness (QED) is 0.711. The maximum absolute atomic E-state index is 13.1. The van der Waals surface area contributed by atoms with Crippen molar-refractivity contribution in [3.8, 4) is 5.75 Å². The van der Waals surface area contributed by atoms with E-state index in [1.54, 1.807) is 19.1 Å². The van der Waals surface area contributed by atoms with Gasteiger partial charge in [0.1, 0.15) is 5.75 Å². The first kappa shape index (κ1) is 19.4. The van der Waals surface area contributed by atoms with Crippen molar-refractivity contribution >= 4 is 29.1 Å². The molecule has 1 heterocycles. The molecule has 9 heteroatoms. The molecule has 1 fully saturated rings. The molecule has 1 saturated heterocycles. The van der Waals surface area contributed by atoms with Gasteiger partial charge in [-0.3, -0.25) is 14.9 Å². The van der Waals surface area contributed by atoms with Crippen LogP contribution >= 0.6 is 11.6 Å². The number of carbonyl (C=O) groups excluding carboxylic acids is 2. The number of nitrogens with one attached hydrogen (secondary N) is 3. The third kappa shape index (κ3) is 5.27. The second-order valence-electron chi connectivity index (χ2n) is 5.88. The Bertz CT molecular complexity index is 670. The van der Waals surface area contributed by atoms with Crippen molar-refractivity contribution in [3.05, 3.63) is 22.7 Å². The summed E-state index contributed by atoms with van der Waals surface area (Å²) < 4.78 is 31.3. The van der Waals surface area contributed by atoms with Crippen LogP contribution in [0, 0.1) is 6.92 Å². The minimum atomic E-state index is -2.87. The summed E-state index contributed by atoms with van der Waals surface area (Å²) in [6, 6.07) is 2.35. The van der Waals surface area contributed by atoms with E-state index >= 15 is 0 Å². The Morgan fingerprint density at radius 3 is 2.76 bits per heavy atom. The Balaban J connectivity index is 1.81. The lowest BCUT2D eigenvalue weighted by Gasteiger charge is -2.13. The molecule has 0 aromatic heterocycles. The summed E-state index contributed by atoms with van der Waals surface area (Å²) in [4.78, 5) is 23.8. The highest BCUT2D eigenvalue weighted by atomic mass is 35.5. The fourth-order valence-corrected chi connectivity index (χ4v) is 2.62. The Labute approximate surface area is 149 Å². The number of rotatable bonds is 6. The lowest BCUT2D eigenvalue weighted by atomic mass is 10.2. The predicted octanol–water partition coefficient (Wildman–Crippen LogP) is 2.10. The van der Waals surface area contributed by atoms with Crippen LogP contribution in [0.2, 0.25) is 5.02 Å². The molecular formula is C16H20ClF2N3O3. The Kier molecular flexibility index (Phi) is 6.18. The number of aryl methyl sites for hydroxylation is 1. The summed E-state index contributed by atoms with van der Waals surface area (Å²) in [6.07, 6.45) is -0.536. The van der Waals surface area contributed by atoms with Crippen molar-refractivity contribution in [3.63, 3.8) is 0 Å². The largest absolute Gasteiger partial charge is 0.495 e. The molecule has 1 aromatic rings. The molecule has 0 spiro atoms. The predicted molar refractivity (Wildman–Crippen MR) is 90.4 cm³/mol. The summed E-state index contributed by atoms with van der Waals surface area (Å²) >= 11 is 6.00. The van der Waals surface area contributed by atoms with Crippen LogP contribution in [0.4, 0.5) is 14.5 Å². The third-order valence-electron chi connectivity index (χ3n) is 3.83. The van der Waals surface area contributed by atoms with E-state index in [0.29, 0.717) is 16.5 Å². The summed E-state index contributed by atoms with van der Waals surface area (Å²) in [5, 5.41) is 8.13. The van der Waals surface area contributed by atoms with Crippen LogP contribution in [0.3, 0.4) is 0 Å². The lowest BCUT2D eigenvalue weighted by molar-refractivity contribution is -0.123. The van der Waals surface area contributed by atoms with Gasteiger partial charge in [-0.15, -0.1) is 0 Å². The van der Waals surface area contributed by atoms with Crippen molar-refractivity contribution in [2.45, 2.75) is 31.7 Å². The van der Waals surface area contributed by atoms with E-state index < -0.39 is 30.8 Å². The molecule has 0 saturated carbocycles. The van der Waals surface area contributed by atoms with Crippen LogP contribution < -0.4 is 20.7 Å². The highest BCUT2D eigenvalue weighted by molar-refractivity contribution is 6.31. The van der Waals surface area contributed by atoms with Gasteiger partial charge in [0.05, 0.1) is 25.4 Å². The molecule has 25 heavy (non-hydrogen) atoms. The minimum Gasteiger partial charge on any atom is -0.495 e. The zero-order valence-corrected chi connectivity index (χ0v) is 14.7. The van der Waals surface area contributed by atoms with E-state index in [4.69, 9.17) is 16.3 Å². The summed E-state index contributed by atoms with van der Waals surface area (Å²) in [5.74, 6) is -3.33. The van der Waals surface area contributed by atoms with Crippen molar-refractivity contribution in [1.29, 1.82) is 0 Å². The normalized spacial score (nSPS) is 18.7. The fraction of sp³-hybridized carbons (Fsp3) is 0.500. The van der Waals surface area contributed by atoms with Crippen LogP contribution in [-0.2, 0) is 9.59 Å². The summed E-state index contributed by atoms with van der Waals surface area (Å²) in [5.41, 5.74) is 1.25. The molecule has 0 aliphatic carbocycles. The Morgan fingerprint density at radius 2 is 2.16 bits per heavy atom. The van der Waals surface area contributed by atoms with Crippen molar-refractivity contribution < 1.29 is 23.1 Å². The van der Waals surface area contributed by atoms with Crippen molar-refractivity contribution in [2.75, 3.05) is 25.5 Å². The summed E-state index contributed by atoms with van der Waals surface area (Å²) in [6.45, 7) is 1.33. The topological polar surface area (TPSA) is 79.5 Å². The number of alkyl halides is 2. The Hall–Kier alpha value is -1.93. The second kappa shape index (κ2) is 7.97. The maximum atomic E-state index is 13.1. The molecule has 2 rings (SSSR count). The number of amides is 2. The summed E-state index contributed by atoms with van der Waals surface area (Å²) in [7, 11) is 1.46. The SMILES string of the molecule is COc1cc(Cl)c(C)cc1NC(=O)CCNC(=O)C1CC(F)(F)CN1. The zero-order chi connectivity index (χ0) is 18.6. The van der Waals surface area contributed by atoms with Gasteiger partial charge in [-0.2, -0.15) is 0 Å². The number of benzene rings is 1. The van der Waals surface area contributed by atoms with Gasteiger partial charge >= 0.3 is 0 Å². The molecule has 1 unspecified atom stereocenters. The van der Waals surface area contributed by atoms with Crippen LogP contribution in [0.5, 0.6) is 5.75 Å². The second-order valence-corrected chi connectivity index (χ2v) is 6.29. The number of ether oxygens (including phenoxy) is 1. The average molecular weight is 376 g/mol. The van der Waals surface area contributed by atoms with Gasteiger partial charge in [0, 0.05) is 30.5 Å². The zero-order valence-electron chi connectivity index (χ0n) is 13.9. The van der Waals surface area contributed by atoms with Gasteiger partial charge in [0.25, 0.3) is 5.92 Å². The molecule has 1 atom stereocenters. The maximum Gasteiger partial charge on any atom is 0.262 e. The molecule has 6 nitrogen and oxygen atoms in total. The monoisotopic (exact) mass is 375 g/mol. The minimum absolute atomic E-state index is 0.000316. The molecule has 0 radical (unpaired) electrons. The van der Waals surface area contributed by atoms with E-state index in [-0.39, 0.29) is 18.9 Å². The Morgan fingerprint density at radius 1 is 1.44 bits per heavy atom. The highest BCUT2D eigenvalue weighted by Gasteiger charge is 2.42. The van der Waals surface area contributed by atoms with E-state index in [0.717, 1.165) is 5.56 Å². The van der Waals surface area contributed by atoms with Crippen LogP contribution in [0.25, 0.3) is 0 Å². The van der Waals surface area contributed by atoms with Crippen molar-refractivity contribution in [1.82, 2.24) is 10.6 Å². The van der Waals surface area contributed by atoms with E-state index in [1.807, 2.05) is 0 Å². The first-order valence-electron chi connectivity index (χ1n) is 7.75. The standard InChI is InChI=1S/C16H20ClF2N3O3/c1-9-5-11(13(25-2)6-10(9)17)22-14(23)3-4-20-15(24)12-7-16(18,19)8-21-12/h5-6,12,21H,3-4,7-8H2,1-2H3,(H,20,24)(H,22,23). The molecule has 1 aromatic carbocycles. The molecule has 138 valence electrons. The molecule has 0 bridgehead atoms. The van der Waals surface area contributed by atoms with Crippen LogP contribution in [0.1, 0.15) is 18.4 Å². The number of carbonyl (C=O) groups is 2. The number of anilines is 1. The number of hydrogen-bond donors (Lipinski definition) is 3. The fourth-order valence-electron chi connectivity index (χ4n) is 2.47. The molecule has 1 aliphatic rings. The molecule has 3 N–H and O–H groups in total. The number of hydrogen-bond acceptors (Lipinski definition) is 4. The number of methoxy groups -OCH3 is 1. The lowest BCUT2D eigenvalue weighted by Crippen LogP contribution is -2.41. The molecule has 1 aliphatic heterocycles. The van der Waals surface area contributed by atoms with Crippen LogP contribution in [0.15, 0.2) is 12.1 Å². The molecule has 2 amide bonds. The smallest absolute Gasteiger partial charge is 0.262 e.